The highest BCUT2D eigenvalue weighted by molar-refractivity contribution is 9.10. The van der Waals surface area contributed by atoms with Crippen molar-refractivity contribution >= 4 is 39.1 Å². The molecule has 12 heteroatoms. The van der Waals surface area contributed by atoms with Crippen LogP contribution in [0.3, 0.4) is 0 Å². The van der Waals surface area contributed by atoms with Crippen LogP contribution in [-0.4, -0.2) is 77.8 Å². The minimum Gasteiger partial charge on any atom is -0.374 e. The molecule has 0 spiro atoms. The van der Waals surface area contributed by atoms with Gasteiger partial charge in [0, 0.05) is 67.6 Å². The van der Waals surface area contributed by atoms with Gasteiger partial charge in [0.15, 0.2) is 0 Å². The Balaban J connectivity index is 1.54. The molecule has 3 aliphatic rings. The number of carbonyl (C=O) groups excluding carboxylic acids is 2. The molecule has 1 aliphatic carbocycles. The predicted molar refractivity (Wildman–Crippen MR) is 139 cm³/mol. The summed E-state index contributed by atoms with van der Waals surface area (Å²) in [4.78, 5) is 41.4. The molecule has 37 heavy (non-hydrogen) atoms. The normalized spacial score (nSPS) is 26.0. The number of carbonyl (C=O) groups is 2. The average molecular weight is 586 g/mol. The van der Waals surface area contributed by atoms with Crippen molar-refractivity contribution in [2.45, 2.75) is 69.4 Å². The lowest BCUT2D eigenvalue weighted by Crippen LogP contribution is -2.51. The van der Waals surface area contributed by atoms with E-state index in [1.165, 1.54) is 6.07 Å². The number of nitrogens with zero attached hydrogens (tertiary/aromatic N) is 3. The summed E-state index contributed by atoms with van der Waals surface area (Å²) in [5.41, 5.74) is 0.139. The zero-order chi connectivity index (χ0) is 26.7. The van der Waals surface area contributed by atoms with Gasteiger partial charge in [-0.1, -0.05) is 15.9 Å². The SMILES string of the molecule is CNC1CC(C(=O)N2CCC[C@@H](Nc3c(C(=O)N4CCCCC4)cc(Br)cc3[N+](=O)[O-])C2)CC(F)(F)C1. The van der Waals surface area contributed by atoms with E-state index >= 15 is 0 Å². The maximum absolute atomic E-state index is 14.3. The first-order valence-electron chi connectivity index (χ1n) is 13.0. The summed E-state index contributed by atoms with van der Waals surface area (Å²) in [7, 11) is 1.63. The van der Waals surface area contributed by atoms with Gasteiger partial charge in [0.05, 0.1) is 10.5 Å². The molecule has 4 rings (SSSR count). The molecule has 2 unspecified atom stereocenters. The largest absolute Gasteiger partial charge is 0.374 e. The second-order valence-corrected chi connectivity index (χ2v) is 11.3. The van der Waals surface area contributed by atoms with Crippen LogP contribution in [0, 0.1) is 16.0 Å². The Bertz CT molecular complexity index is 1040. The summed E-state index contributed by atoms with van der Waals surface area (Å²) < 4.78 is 29.0. The zero-order valence-electron chi connectivity index (χ0n) is 21.0. The van der Waals surface area contributed by atoms with Crippen LogP contribution in [0.15, 0.2) is 16.6 Å². The first-order valence-corrected chi connectivity index (χ1v) is 13.7. The van der Waals surface area contributed by atoms with Crippen LogP contribution in [0.4, 0.5) is 20.2 Å². The van der Waals surface area contributed by atoms with E-state index in [0.717, 1.165) is 19.3 Å². The van der Waals surface area contributed by atoms with Crippen LogP contribution in [0.5, 0.6) is 0 Å². The van der Waals surface area contributed by atoms with Crippen molar-refractivity contribution in [3.05, 3.63) is 32.3 Å². The second kappa shape index (κ2) is 11.6. The van der Waals surface area contributed by atoms with E-state index in [0.29, 0.717) is 43.4 Å². The van der Waals surface area contributed by atoms with Gasteiger partial charge in [-0.2, -0.15) is 0 Å². The third kappa shape index (κ3) is 6.57. The molecule has 0 aromatic heterocycles. The van der Waals surface area contributed by atoms with Gasteiger partial charge in [-0.3, -0.25) is 19.7 Å². The van der Waals surface area contributed by atoms with Crippen molar-refractivity contribution in [2.75, 3.05) is 38.5 Å². The monoisotopic (exact) mass is 585 g/mol. The Morgan fingerprint density at radius 3 is 2.46 bits per heavy atom. The first-order chi connectivity index (χ1) is 17.6. The number of nitrogens with one attached hydrogen (secondary N) is 2. The summed E-state index contributed by atoms with van der Waals surface area (Å²) in [6, 6.07) is 2.18. The van der Waals surface area contributed by atoms with E-state index in [4.69, 9.17) is 0 Å². The molecule has 2 amide bonds. The fourth-order valence-corrected chi connectivity index (χ4v) is 6.25. The van der Waals surface area contributed by atoms with E-state index in [1.807, 2.05) is 0 Å². The second-order valence-electron chi connectivity index (χ2n) is 10.4. The Morgan fingerprint density at radius 2 is 1.78 bits per heavy atom. The fraction of sp³-hybridized carbons (Fsp3) is 0.680. The lowest BCUT2D eigenvalue weighted by Gasteiger charge is -2.39. The van der Waals surface area contributed by atoms with Crippen LogP contribution in [0.1, 0.15) is 61.7 Å². The number of hydrogen-bond donors (Lipinski definition) is 2. The van der Waals surface area contributed by atoms with E-state index in [-0.39, 0.29) is 47.8 Å². The number of benzene rings is 1. The Kier molecular flexibility index (Phi) is 8.67. The zero-order valence-corrected chi connectivity index (χ0v) is 22.6. The van der Waals surface area contributed by atoms with Gasteiger partial charge in [-0.15, -0.1) is 0 Å². The minimum atomic E-state index is -2.90. The minimum absolute atomic E-state index is 0.141. The third-order valence-corrected chi connectivity index (χ3v) is 8.11. The summed E-state index contributed by atoms with van der Waals surface area (Å²) in [6.45, 7) is 1.88. The summed E-state index contributed by atoms with van der Waals surface area (Å²) in [5.74, 6) is -4.25. The molecule has 3 fully saturated rings. The highest BCUT2D eigenvalue weighted by atomic mass is 79.9. The van der Waals surface area contributed by atoms with Crippen molar-refractivity contribution in [2.24, 2.45) is 5.92 Å². The summed E-state index contributed by atoms with van der Waals surface area (Å²) in [5, 5.41) is 18.0. The number of halogens is 3. The quantitative estimate of drug-likeness (QED) is 0.378. The molecule has 2 aliphatic heterocycles. The average Bonchev–Trinajstić information content (AvgIpc) is 2.88. The number of rotatable bonds is 6. The first kappa shape index (κ1) is 27.7. The van der Waals surface area contributed by atoms with Gasteiger partial charge in [-0.25, -0.2) is 8.78 Å². The number of alkyl halides is 2. The number of anilines is 1. The fourth-order valence-electron chi connectivity index (χ4n) is 5.80. The molecule has 0 radical (unpaired) electrons. The molecule has 2 heterocycles. The molecule has 1 saturated carbocycles. The highest BCUT2D eigenvalue weighted by Gasteiger charge is 2.45. The number of nitro groups is 1. The van der Waals surface area contributed by atoms with Gasteiger partial charge in [0.1, 0.15) is 5.69 Å². The van der Waals surface area contributed by atoms with Crippen molar-refractivity contribution in [3.8, 4) is 0 Å². The van der Waals surface area contributed by atoms with Gasteiger partial charge < -0.3 is 20.4 Å². The molecule has 2 N–H and O–H groups in total. The maximum Gasteiger partial charge on any atom is 0.294 e. The smallest absolute Gasteiger partial charge is 0.294 e. The molecular formula is C25H34BrF2N5O4. The van der Waals surface area contributed by atoms with E-state index in [9.17, 15) is 28.5 Å². The Hall–Kier alpha value is -2.34. The van der Waals surface area contributed by atoms with E-state index in [1.54, 1.807) is 22.9 Å². The number of hydrogen-bond acceptors (Lipinski definition) is 6. The molecule has 204 valence electrons. The molecule has 2 saturated heterocycles. The van der Waals surface area contributed by atoms with Crippen molar-refractivity contribution in [3.63, 3.8) is 0 Å². The molecular weight excluding hydrogens is 552 g/mol. The predicted octanol–water partition coefficient (Wildman–Crippen LogP) is 4.41. The highest BCUT2D eigenvalue weighted by Crippen LogP contribution is 2.39. The molecule has 1 aromatic carbocycles. The van der Waals surface area contributed by atoms with Crippen LogP contribution in [-0.2, 0) is 4.79 Å². The molecule has 0 bridgehead atoms. The standard InChI is InChI=1S/C25H34BrF2N5O4/c1-29-19-10-16(13-25(27,28)14-19)23(34)32-9-5-6-18(15-32)30-22-20(11-17(26)12-21(22)33(36)37)24(35)31-7-3-2-4-8-31/h11-12,16,18-19,29-30H,2-10,13-15H2,1H3/t16?,18-,19?/m1/s1. The lowest BCUT2D eigenvalue weighted by molar-refractivity contribution is -0.384. The third-order valence-electron chi connectivity index (χ3n) is 7.65. The number of likely N-dealkylation sites (tertiary alicyclic amines) is 2. The van der Waals surface area contributed by atoms with Crippen molar-refractivity contribution in [1.82, 2.24) is 15.1 Å². The number of nitro benzene ring substituents is 1. The van der Waals surface area contributed by atoms with Gasteiger partial charge in [-0.05, 0) is 51.6 Å². The summed E-state index contributed by atoms with van der Waals surface area (Å²) >= 11 is 3.30. The van der Waals surface area contributed by atoms with Gasteiger partial charge in [0.25, 0.3) is 11.6 Å². The Labute approximate surface area is 223 Å². The van der Waals surface area contributed by atoms with Crippen molar-refractivity contribution in [1.29, 1.82) is 0 Å². The van der Waals surface area contributed by atoms with E-state index < -0.39 is 29.2 Å². The van der Waals surface area contributed by atoms with Crippen molar-refractivity contribution < 1.29 is 23.3 Å². The van der Waals surface area contributed by atoms with Gasteiger partial charge >= 0.3 is 0 Å². The topological polar surface area (TPSA) is 108 Å². The molecule has 9 nitrogen and oxygen atoms in total. The van der Waals surface area contributed by atoms with Crippen LogP contribution >= 0.6 is 15.9 Å². The molecule has 3 atom stereocenters. The number of amides is 2. The number of piperidine rings is 2. The summed E-state index contributed by atoms with van der Waals surface area (Å²) in [6.07, 6.45) is 3.69. The van der Waals surface area contributed by atoms with E-state index in [2.05, 4.69) is 26.6 Å². The van der Waals surface area contributed by atoms with Crippen LogP contribution < -0.4 is 10.6 Å². The van der Waals surface area contributed by atoms with Crippen LogP contribution in [0.2, 0.25) is 0 Å². The van der Waals surface area contributed by atoms with Gasteiger partial charge in [0.2, 0.25) is 11.8 Å². The molecule has 1 aromatic rings. The Morgan fingerprint density at radius 1 is 1.08 bits per heavy atom. The maximum atomic E-state index is 14.3. The van der Waals surface area contributed by atoms with Crippen LogP contribution in [0.25, 0.3) is 0 Å². The lowest BCUT2D eigenvalue weighted by atomic mass is 9.82.